The molecule has 0 heterocycles. The third kappa shape index (κ3) is 8.75. The first-order valence-corrected chi connectivity index (χ1v) is 13.7. The van der Waals surface area contributed by atoms with E-state index in [1.807, 2.05) is 30.3 Å². The lowest BCUT2D eigenvalue weighted by atomic mass is 10.0. The molecule has 0 aromatic heterocycles. The number of aliphatic carboxylic acids is 1. The number of carbonyl (C=O) groups excluding carboxylic acids is 2. The molecule has 0 spiro atoms. The molecule has 0 aliphatic carbocycles. The predicted molar refractivity (Wildman–Crippen MR) is 128 cm³/mol. The van der Waals surface area contributed by atoms with Gasteiger partial charge in [-0.3, -0.25) is 4.79 Å². The van der Waals surface area contributed by atoms with Gasteiger partial charge >= 0.3 is 12.1 Å². The molecular weight excluding hydrogens is 424 g/mol. The molecule has 0 unspecified atom stereocenters. The van der Waals surface area contributed by atoms with Crippen molar-refractivity contribution >= 4 is 26.0 Å². The summed E-state index contributed by atoms with van der Waals surface area (Å²) >= 11 is 0. The average molecular weight is 461 g/mol. The van der Waals surface area contributed by atoms with Crippen LogP contribution in [0.5, 0.6) is 0 Å². The highest BCUT2D eigenvalue weighted by atomic mass is 28.3. The summed E-state index contributed by atoms with van der Waals surface area (Å²) in [6.45, 7) is 14.2. The lowest BCUT2D eigenvalue weighted by molar-refractivity contribution is -0.142. The van der Waals surface area contributed by atoms with Crippen LogP contribution in [0.2, 0.25) is 18.1 Å². The number of hydrogen-bond donors (Lipinski definition) is 3. The van der Waals surface area contributed by atoms with Crippen LogP contribution in [0.3, 0.4) is 0 Å². The zero-order valence-corrected chi connectivity index (χ0v) is 21.1. The fourth-order valence-electron chi connectivity index (χ4n) is 2.45. The molecule has 3 N–H and O–H groups in total. The number of ether oxygens (including phenoxy) is 1. The highest BCUT2D eigenvalue weighted by Gasteiger charge is 2.34. The SMILES string of the molecule is CC(C)[C@H](NC(=O)OCc1ccccc1)C(=O)N[C@@H](CC#C[Si](C)(C)C(C)(C)C)C(=O)O. The fourth-order valence-corrected chi connectivity index (χ4v) is 3.37. The van der Waals surface area contributed by atoms with Crippen LogP contribution in [-0.2, 0) is 20.9 Å². The van der Waals surface area contributed by atoms with E-state index in [0.29, 0.717) is 0 Å². The van der Waals surface area contributed by atoms with Gasteiger partial charge in [0.05, 0.1) is 0 Å². The number of rotatable bonds is 8. The van der Waals surface area contributed by atoms with Gasteiger partial charge in [0.25, 0.3) is 0 Å². The van der Waals surface area contributed by atoms with E-state index in [4.69, 9.17) is 4.74 Å². The second-order valence-corrected chi connectivity index (χ2v) is 14.7. The number of carboxylic acid groups (broad SMARTS) is 1. The molecule has 2 atom stereocenters. The van der Waals surface area contributed by atoms with Crippen molar-refractivity contribution in [3.63, 3.8) is 0 Å². The molecule has 1 aromatic carbocycles. The van der Waals surface area contributed by atoms with Crippen LogP contribution in [0.4, 0.5) is 4.79 Å². The summed E-state index contributed by atoms with van der Waals surface area (Å²) in [6, 6.07) is 7.07. The molecule has 32 heavy (non-hydrogen) atoms. The van der Waals surface area contributed by atoms with Gasteiger partial charge in [0, 0.05) is 6.42 Å². The molecule has 0 aliphatic rings. The first-order valence-electron chi connectivity index (χ1n) is 10.7. The van der Waals surface area contributed by atoms with Crippen LogP contribution in [0.1, 0.15) is 46.6 Å². The van der Waals surface area contributed by atoms with Crippen molar-refractivity contribution in [1.82, 2.24) is 10.6 Å². The Morgan fingerprint density at radius 2 is 1.69 bits per heavy atom. The highest BCUT2D eigenvalue weighted by molar-refractivity contribution is 6.87. The van der Waals surface area contributed by atoms with Crippen molar-refractivity contribution in [2.75, 3.05) is 0 Å². The maximum atomic E-state index is 12.7. The van der Waals surface area contributed by atoms with Crippen LogP contribution >= 0.6 is 0 Å². The normalized spacial score (nSPS) is 13.4. The van der Waals surface area contributed by atoms with Gasteiger partial charge in [-0.25, -0.2) is 9.59 Å². The Balaban J connectivity index is 2.77. The van der Waals surface area contributed by atoms with Crippen molar-refractivity contribution in [2.45, 2.75) is 77.9 Å². The van der Waals surface area contributed by atoms with Crippen molar-refractivity contribution in [2.24, 2.45) is 5.92 Å². The minimum absolute atomic E-state index is 0.00312. The molecule has 0 saturated heterocycles. The van der Waals surface area contributed by atoms with Crippen molar-refractivity contribution < 1.29 is 24.2 Å². The third-order valence-electron chi connectivity index (χ3n) is 5.63. The monoisotopic (exact) mass is 460 g/mol. The fraction of sp³-hybridized carbons (Fsp3) is 0.542. The van der Waals surface area contributed by atoms with Gasteiger partial charge in [-0.1, -0.05) is 78.0 Å². The average Bonchev–Trinajstić information content (AvgIpc) is 2.69. The zero-order valence-electron chi connectivity index (χ0n) is 20.1. The quantitative estimate of drug-likeness (QED) is 0.402. The molecule has 0 radical (unpaired) electrons. The second-order valence-electron chi connectivity index (χ2n) is 9.71. The number of amides is 2. The van der Waals surface area contributed by atoms with Crippen LogP contribution in [0, 0.1) is 17.4 Å². The third-order valence-corrected chi connectivity index (χ3v) is 10.2. The van der Waals surface area contributed by atoms with Crippen molar-refractivity contribution in [1.29, 1.82) is 0 Å². The van der Waals surface area contributed by atoms with E-state index in [1.54, 1.807) is 13.8 Å². The number of benzene rings is 1. The largest absolute Gasteiger partial charge is 0.480 e. The smallest absolute Gasteiger partial charge is 0.408 e. The maximum Gasteiger partial charge on any atom is 0.408 e. The van der Waals surface area contributed by atoms with Gasteiger partial charge in [-0.05, 0) is 16.5 Å². The van der Waals surface area contributed by atoms with Gasteiger partial charge in [-0.2, -0.15) is 0 Å². The van der Waals surface area contributed by atoms with Crippen molar-refractivity contribution in [3.05, 3.63) is 35.9 Å². The summed E-state index contributed by atoms with van der Waals surface area (Å²) in [5, 5.41) is 14.6. The Bertz CT molecular complexity index is 851. The molecule has 0 bridgehead atoms. The number of alkyl carbamates (subject to hydrolysis) is 1. The van der Waals surface area contributed by atoms with E-state index in [0.717, 1.165) is 5.56 Å². The van der Waals surface area contributed by atoms with Gasteiger partial charge in [0.1, 0.15) is 26.8 Å². The van der Waals surface area contributed by atoms with E-state index in [-0.39, 0.29) is 24.0 Å². The summed E-state index contributed by atoms with van der Waals surface area (Å²) in [6.07, 6.45) is -0.746. The molecule has 0 fully saturated rings. The second kappa shape index (κ2) is 11.7. The van der Waals surface area contributed by atoms with Crippen LogP contribution < -0.4 is 10.6 Å². The Morgan fingerprint density at radius 1 is 1.09 bits per heavy atom. The first kappa shape index (κ1) is 27.2. The Kier molecular flexibility index (Phi) is 9.98. The summed E-state index contributed by atoms with van der Waals surface area (Å²) in [5.41, 5.74) is 4.08. The molecule has 0 aliphatic heterocycles. The summed E-state index contributed by atoms with van der Waals surface area (Å²) in [7, 11) is -1.89. The molecule has 2 amide bonds. The molecule has 1 rings (SSSR count). The van der Waals surface area contributed by atoms with Gasteiger partial charge < -0.3 is 20.5 Å². The lowest BCUT2D eigenvalue weighted by Gasteiger charge is -2.31. The van der Waals surface area contributed by atoms with Gasteiger partial charge in [0.15, 0.2) is 0 Å². The lowest BCUT2D eigenvalue weighted by Crippen LogP contribution is -2.53. The standard InChI is InChI=1S/C24H36N2O5Si/c1-17(2)20(26-23(30)31-16-18-12-9-8-10-13-18)21(27)25-19(22(28)29)14-11-15-32(6,7)24(3,4)5/h8-10,12-13,17,19-20H,14,16H2,1-7H3,(H,25,27)(H,26,30)(H,28,29)/t19-,20-/m0/s1. The maximum absolute atomic E-state index is 12.7. The van der Waals surface area contributed by atoms with E-state index in [2.05, 4.69) is 56.0 Å². The van der Waals surface area contributed by atoms with E-state index in [1.165, 1.54) is 0 Å². The minimum atomic E-state index is -1.89. The summed E-state index contributed by atoms with van der Waals surface area (Å²) in [5.74, 6) is 0.945. The van der Waals surface area contributed by atoms with Gasteiger partial charge in [-0.15, -0.1) is 11.5 Å². The molecule has 1 aromatic rings. The minimum Gasteiger partial charge on any atom is -0.480 e. The molecule has 176 valence electrons. The highest BCUT2D eigenvalue weighted by Crippen LogP contribution is 2.35. The van der Waals surface area contributed by atoms with E-state index >= 15 is 0 Å². The summed E-state index contributed by atoms with van der Waals surface area (Å²) in [4.78, 5) is 36.6. The topological polar surface area (TPSA) is 105 Å². The summed E-state index contributed by atoms with van der Waals surface area (Å²) < 4.78 is 5.18. The van der Waals surface area contributed by atoms with Crippen LogP contribution in [0.15, 0.2) is 30.3 Å². The number of carboxylic acids is 1. The Labute approximate surface area is 192 Å². The van der Waals surface area contributed by atoms with Crippen LogP contribution in [0.25, 0.3) is 0 Å². The molecule has 0 saturated carbocycles. The molecule has 8 heteroatoms. The Hall–Kier alpha value is -2.79. The number of nitrogens with one attached hydrogen (secondary N) is 2. The molecule has 7 nitrogen and oxygen atoms in total. The predicted octanol–water partition coefficient (Wildman–Crippen LogP) is 3.95. The number of carbonyl (C=O) groups is 3. The molecular formula is C24H36N2O5Si. The Morgan fingerprint density at radius 3 is 2.19 bits per heavy atom. The zero-order chi connectivity index (χ0) is 24.5. The van der Waals surface area contributed by atoms with E-state index in [9.17, 15) is 19.5 Å². The first-order chi connectivity index (χ1) is 14.7. The number of hydrogen-bond acceptors (Lipinski definition) is 4. The van der Waals surface area contributed by atoms with E-state index < -0.39 is 38.1 Å². The van der Waals surface area contributed by atoms with Crippen LogP contribution in [-0.4, -0.2) is 43.2 Å². The van der Waals surface area contributed by atoms with Crippen molar-refractivity contribution in [3.8, 4) is 11.5 Å². The van der Waals surface area contributed by atoms with Gasteiger partial charge in [0.2, 0.25) is 5.91 Å².